The standard InChI is InChI=1S/C10H19N3.2BrH/c1-5-11-6-7-12(10-11)8-9-13(2,3)4;;/h5-7,10H,1,8-9H2,2-4H3;2*1H/q+2;;/p-2. The molecular weight excluding hydrogens is 322 g/mol. The lowest BCUT2D eigenvalue weighted by Crippen LogP contribution is -3.00. The second-order valence-corrected chi connectivity index (χ2v) is 4.30. The van der Waals surface area contributed by atoms with Crippen molar-refractivity contribution in [3.8, 4) is 0 Å². The van der Waals surface area contributed by atoms with Crippen molar-refractivity contribution < 1.29 is 43.0 Å². The van der Waals surface area contributed by atoms with E-state index in [1.807, 2.05) is 17.1 Å². The Kier molecular flexibility index (Phi) is 8.28. The van der Waals surface area contributed by atoms with Crippen LogP contribution in [-0.4, -0.2) is 36.7 Å². The van der Waals surface area contributed by atoms with Crippen LogP contribution in [0.3, 0.4) is 0 Å². The first kappa shape index (κ1) is 17.3. The van der Waals surface area contributed by atoms with Crippen LogP contribution in [0, 0.1) is 0 Å². The van der Waals surface area contributed by atoms with E-state index in [1.165, 1.54) is 0 Å². The van der Waals surface area contributed by atoms with Crippen LogP contribution in [0.25, 0.3) is 6.20 Å². The molecule has 1 rings (SSSR count). The molecule has 1 heterocycles. The number of rotatable bonds is 4. The molecule has 1 aromatic heterocycles. The predicted octanol–water partition coefficient (Wildman–Crippen LogP) is -5.41. The summed E-state index contributed by atoms with van der Waals surface area (Å²) < 4.78 is 5.12. The van der Waals surface area contributed by atoms with Crippen molar-refractivity contribution in [3.63, 3.8) is 0 Å². The minimum Gasteiger partial charge on any atom is -1.00 e. The maximum absolute atomic E-state index is 3.70. The summed E-state index contributed by atoms with van der Waals surface area (Å²) in [5, 5.41) is 0. The summed E-state index contributed by atoms with van der Waals surface area (Å²) in [6, 6.07) is 0. The minimum atomic E-state index is 0. The second-order valence-electron chi connectivity index (χ2n) is 4.30. The van der Waals surface area contributed by atoms with Gasteiger partial charge < -0.3 is 38.4 Å². The van der Waals surface area contributed by atoms with E-state index in [2.05, 4.69) is 38.5 Å². The molecule has 0 radical (unpaired) electrons. The van der Waals surface area contributed by atoms with Crippen LogP contribution in [0.2, 0.25) is 0 Å². The number of hydrogen-bond acceptors (Lipinski definition) is 0. The molecule has 88 valence electrons. The van der Waals surface area contributed by atoms with Gasteiger partial charge in [0.15, 0.2) is 0 Å². The molecule has 0 aromatic carbocycles. The van der Waals surface area contributed by atoms with Crippen molar-refractivity contribution in [3.05, 3.63) is 25.3 Å². The maximum Gasteiger partial charge on any atom is 0.248 e. The molecule has 15 heavy (non-hydrogen) atoms. The Morgan fingerprint density at radius 3 is 2.33 bits per heavy atom. The minimum absolute atomic E-state index is 0. The van der Waals surface area contributed by atoms with Gasteiger partial charge in [-0.15, -0.1) is 0 Å². The molecule has 0 aliphatic carbocycles. The van der Waals surface area contributed by atoms with Gasteiger partial charge >= 0.3 is 0 Å². The van der Waals surface area contributed by atoms with Crippen LogP contribution in [0.1, 0.15) is 0 Å². The molecule has 0 saturated heterocycles. The van der Waals surface area contributed by atoms with Crippen LogP contribution in [0.5, 0.6) is 0 Å². The summed E-state index contributed by atoms with van der Waals surface area (Å²) in [4.78, 5) is 0. The summed E-state index contributed by atoms with van der Waals surface area (Å²) >= 11 is 0. The highest BCUT2D eigenvalue weighted by molar-refractivity contribution is 5.12. The number of hydrogen-bond donors (Lipinski definition) is 0. The van der Waals surface area contributed by atoms with Gasteiger partial charge in [-0.3, -0.25) is 0 Å². The Balaban J connectivity index is 0. The van der Waals surface area contributed by atoms with Crippen LogP contribution in [0.4, 0.5) is 0 Å². The second kappa shape index (κ2) is 7.19. The Labute approximate surface area is 113 Å². The molecule has 0 amide bonds. The normalized spacial score (nSPS) is 10.1. The Morgan fingerprint density at radius 2 is 1.93 bits per heavy atom. The Morgan fingerprint density at radius 1 is 1.33 bits per heavy atom. The van der Waals surface area contributed by atoms with Crippen LogP contribution in [0.15, 0.2) is 25.3 Å². The third kappa shape index (κ3) is 6.87. The summed E-state index contributed by atoms with van der Waals surface area (Å²) in [6.07, 6.45) is 7.91. The van der Waals surface area contributed by atoms with Crippen LogP contribution >= 0.6 is 0 Å². The van der Waals surface area contributed by atoms with Crippen LogP contribution < -0.4 is 38.5 Å². The molecule has 5 heteroatoms. The van der Waals surface area contributed by atoms with Gasteiger partial charge in [0, 0.05) is 0 Å². The molecule has 0 aliphatic rings. The molecule has 0 saturated carbocycles. The van der Waals surface area contributed by atoms with Gasteiger partial charge in [0.05, 0.1) is 27.3 Å². The van der Waals surface area contributed by atoms with E-state index < -0.39 is 0 Å². The van der Waals surface area contributed by atoms with Gasteiger partial charge in [-0.05, 0) is 0 Å². The third-order valence-corrected chi connectivity index (χ3v) is 1.95. The van der Waals surface area contributed by atoms with Gasteiger partial charge in [-0.25, -0.2) is 9.13 Å². The summed E-state index contributed by atoms with van der Waals surface area (Å²) in [5.41, 5.74) is 0. The van der Waals surface area contributed by atoms with Gasteiger partial charge in [0.1, 0.15) is 25.5 Å². The van der Waals surface area contributed by atoms with Crippen molar-refractivity contribution >= 4 is 6.20 Å². The Bertz CT molecular complexity index is 289. The maximum atomic E-state index is 3.70. The van der Waals surface area contributed by atoms with E-state index in [0.717, 1.165) is 17.6 Å². The first-order chi connectivity index (χ1) is 6.01. The van der Waals surface area contributed by atoms with Crippen molar-refractivity contribution in [2.24, 2.45) is 0 Å². The number of halogens is 2. The molecule has 0 bridgehead atoms. The van der Waals surface area contributed by atoms with E-state index in [0.29, 0.717) is 0 Å². The predicted molar refractivity (Wildman–Crippen MR) is 53.9 cm³/mol. The Hall–Kier alpha value is -0.130. The SMILES string of the molecule is C=Cn1cc[n+](CC[N+](C)(C)C)c1.[Br-].[Br-]. The molecule has 0 unspecified atom stereocenters. The average Bonchev–Trinajstić information content (AvgIpc) is 2.47. The van der Waals surface area contributed by atoms with Crippen molar-refractivity contribution in [1.29, 1.82) is 0 Å². The highest BCUT2D eigenvalue weighted by Crippen LogP contribution is 1.89. The lowest BCUT2D eigenvalue weighted by atomic mass is 10.5. The molecule has 0 fully saturated rings. The molecule has 0 atom stereocenters. The number of nitrogens with zero attached hydrogens (tertiary/aromatic N) is 3. The number of aromatic nitrogens is 2. The molecule has 0 aliphatic heterocycles. The molecule has 3 nitrogen and oxygen atoms in total. The molecule has 0 spiro atoms. The van der Waals surface area contributed by atoms with E-state index in [-0.39, 0.29) is 34.0 Å². The van der Waals surface area contributed by atoms with Gasteiger partial charge in [0.2, 0.25) is 6.33 Å². The third-order valence-electron chi connectivity index (χ3n) is 1.95. The molecular formula is C10H19Br2N3. The van der Waals surface area contributed by atoms with E-state index in [1.54, 1.807) is 6.20 Å². The summed E-state index contributed by atoms with van der Waals surface area (Å²) in [5.74, 6) is 0. The first-order valence-corrected chi connectivity index (χ1v) is 4.51. The van der Waals surface area contributed by atoms with E-state index in [4.69, 9.17) is 0 Å². The van der Waals surface area contributed by atoms with Gasteiger partial charge in [-0.2, -0.15) is 0 Å². The zero-order chi connectivity index (χ0) is 9.90. The lowest BCUT2D eigenvalue weighted by Gasteiger charge is -2.22. The van der Waals surface area contributed by atoms with Gasteiger partial charge in [-0.1, -0.05) is 6.58 Å². The topological polar surface area (TPSA) is 8.81 Å². The van der Waals surface area contributed by atoms with E-state index >= 15 is 0 Å². The van der Waals surface area contributed by atoms with E-state index in [9.17, 15) is 0 Å². The quantitative estimate of drug-likeness (QED) is 0.382. The lowest BCUT2D eigenvalue weighted by molar-refractivity contribution is -0.892. The van der Waals surface area contributed by atoms with Gasteiger partial charge in [0.25, 0.3) is 0 Å². The highest BCUT2D eigenvalue weighted by atomic mass is 79.9. The van der Waals surface area contributed by atoms with Crippen molar-refractivity contribution in [1.82, 2.24) is 4.57 Å². The highest BCUT2D eigenvalue weighted by Gasteiger charge is 2.09. The number of imidazole rings is 1. The van der Waals surface area contributed by atoms with Crippen molar-refractivity contribution in [2.45, 2.75) is 6.54 Å². The number of likely N-dealkylation sites (N-methyl/N-ethyl adjacent to an activating group) is 1. The summed E-state index contributed by atoms with van der Waals surface area (Å²) in [6.45, 7) is 5.88. The largest absolute Gasteiger partial charge is 1.00 e. The average molecular weight is 341 g/mol. The number of quaternary nitrogens is 1. The molecule has 0 N–H and O–H groups in total. The first-order valence-electron chi connectivity index (χ1n) is 4.51. The fourth-order valence-corrected chi connectivity index (χ4v) is 1.07. The monoisotopic (exact) mass is 339 g/mol. The van der Waals surface area contributed by atoms with Crippen LogP contribution in [-0.2, 0) is 6.54 Å². The smallest absolute Gasteiger partial charge is 0.248 e. The fraction of sp³-hybridized carbons (Fsp3) is 0.500. The fourth-order valence-electron chi connectivity index (χ4n) is 1.07. The van der Waals surface area contributed by atoms with Crippen molar-refractivity contribution in [2.75, 3.05) is 27.7 Å². The zero-order valence-corrected chi connectivity index (χ0v) is 12.7. The summed E-state index contributed by atoms with van der Waals surface area (Å²) in [7, 11) is 6.60. The molecule has 1 aromatic rings. The zero-order valence-electron chi connectivity index (χ0n) is 9.53.